The fourth-order valence-electron chi connectivity index (χ4n) is 2.72. The number of amides is 1. The average Bonchev–Trinajstić information content (AvgIpc) is 3.06. The van der Waals surface area contributed by atoms with Crippen LogP contribution >= 0.6 is 11.3 Å². The molecule has 0 fully saturated rings. The normalized spacial score (nSPS) is 10.8. The molecule has 0 aliphatic rings. The van der Waals surface area contributed by atoms with E-state index >= 15 is 0 Å². The number of anilines is 1. The smallest absolute Gasteiger partial charge is 0.245 e. The molecule has 3 rings (SSSR count). The van der Waals surface area contributed by atoms with Gasteiger partial charge >= 0.3 is 0 Å². The maximum absolute atomic E-state index is 12.4. The third kappa shape index (κ3) is 3.38. The van der Waals surface area contributed by atoms with E-state index in [2.05, 4.69) is 26.7 Å². The first-order valence-corrected chi connectivity index (χ1v) is 8.64. The molecular weight excluding hydrogens is 320 g/mol. The summed E-state index contributed by atoms with van der Waals surface area (Å²) in [5, 5.41) is 5.95. The lowest BCUT2D eigenvalue weighted by atomic mass is 10.2. The fourth-order valence-corrected chi connectivity index (χ4v) is 3.33. The Bertz CT molecular complexity index is 894. The van der Waals surface area contributed by atoms with Gasteiger partial charge in [0, 0.05) is 28.5 Å². The average molecular weight is 340 g/mol. The van der Waals surface area contributed by atoms with Crippen LogP contribution in [0.5, 0.6) is 0 Å². The highest BCUT2D eigenvalue weighted by Crippen LogP contribution is 2.28. The molecule has 0 spiro atoms. The number of carbonyl (C=O) groups is 1. The number of carbonyl (C=O) groups excluding carboxylic acids is 1. The van der Waals surface area contributed by atoms with Gasteiger partial charge < -0.3 is 9.88 Å². The van der Waals surface area contributed by atoms with Crippen LogP contribution in [0.15, 0.2) is 29.8 Å². The highest BCUT2D eigenvalue weighted by molar-refractivity contribution is 7.09. The number of nitrogens with one attached hydrogen (secondary N) is 1. The number of rotatable bonds is 4. The summed E-state index contributed by atoms with van der Waals surface area (Å²) in [6, 6.07) is 5.84. The van der Waals surface area contributed by atoms with Gasteiger partial charge in [0.15, 0.2) is 0 Å². The van der Waals surface area contributed by atoms with Crippen LogP contribution in [0.2, 0.25) is 0 Å². The monoisotopic (exact) mass is 340 g/mol. The summed E-state index contributed by atoms with van der Waals surface area (Å²) in [6.45, 7) is 8.26. The van der Waals surface area contributed by atoms with Crippen molar-refractivity contribution in [2.75, 3.05) is 5.32 Å². The minimum atomic E-state index is -0.0871. The molecule has 24 heavy (non-hydrogen) atoms. The largest absolute Gasteiger partial charge is 0.339 e. The summed E-state index contributed by atoms with van der Waals surface area (Å²) in [5.41, 5.74) is 5.21. The Morgan fingerprint density at radius 1 is 1.25 bits per heavy atom. The van der Waals surface area contributed by atoms with E-state index in [9.17, 15) is 4.79 Å². The first-order valence-electron chi connectivity index (χ1n) is 7.76. The van der Waals surface area contributed by atoms with E-state index in [-0.39, 0.29) is 12.5 Å². The zero-order valence-electron chi connectivity index (χ0n) is 14.3. The van der Waals surface area contributed by atoms with E-state index in [1.807, 2.05) is 44.4 Å². The van der Waals surface area contributed by atoms with Gasteiger partial charge in [-0.3, -0.25) is 4.79 Å². The molecule has 1 N–H and O–H groups in total. The number of aryl methyl sites for hydroxylation is 3. The molecule has 1 amide bonds. The van der Waals surface area contributed by atoms with Gasteiger partial charge in [-0.1, -0.05) is 0 Å². The molecule has 0 aromatic carbocycles. The van der Waals surface area contributed by atoms with Crippen molar-refractivity contribution < 1.29 is 4.79 Å². The second kappa shape index (κ2) is 6.57. The van der Waals surface area contributed by atoms with Crippen LogP contribution in [0.4, 0.5) is 5.82 Å². The van der Waals surface area contributed by atoms with E-state index < -0.39 is 0 Å². The quantitative estimate of drug-likeness (QED) is 0.784. The molecule has 0 aliphatic heterocycles. The second-order valence-corrected chi connectivity index (χ2v) is 6.95. The summed E-state index contributed by atoms with van der Waals surface area (Å²) in [7, 11) is 0. The maximum atomic E-state index is 12.4. The molecular formula is C18H20N4OS. The number of thiazole rings is 1. The Labute approximate surface area is 145 Å². The SMILES string of the molecule is Cc1ccnc(NC(=O)Cn2c(C)cc(-c3csc(C)n3)c2C)c1. The van der Waals surface area contributed by atoms with Crippen molar-refractivity contribution in [3.05, 3.63) is 51.7 Å². The van der Waals surface area contributed by atoms with Gasteiger partial charge in [-0.2, -0.15) is 0 Å². The molecule has 124 valence electrons. The first kappa shape index (κ1) is 16.4. The lowest BCUT2D eigenvalue weighted by Crippen LogP contribution is -2.20. The summed E-state index contributed by atoms with van der Waals surface area (Å²) in [5.74, 6) is 0.494. The van der Waals surface area contributed by atoms with Crippen molar-refractivity contribution in [3.63, 3.8) is 0 Å². The van der Waals surface area contributed by atoms with E-state index in [1.165, 1.54) is 0 Å². The van der Waals surface area contributed by atoms with Crippen molar-refractivity contribution in [3.8, 4) is 11.3 Å². The van der Waals surface area contributed by atoms with Crippen LogP contribution in [0.1, 0.15) is 22.0 Å². The summed E-state index contributed by atoms with van der Waals surface area (Å²) in [6.07, 6.45) is 1.69. The summed E-state index contributed by atoms with van der Waals surface area (Å²) in [4.78, 5) is 21.1. The van der Waals surface area contributed by atoms with Crippen LogP contribution in [0, 0.1) is 27.7 Å². The van der Waals surface area contributed by atoms with Gasteiger partial charge in [-0.05, 0) is 51.5 Å². The molecule has 3 heterocycles. The van der Waals surface area contributed by atoms with Crippen LogP contribution in [0.3, 0.4) is 0 Å². The van der Waals surface area contributed by atoms with Gasteiger partial charge in [0.2, 0.25) is 5.91 Å². The Kier molecular flexibility index (Phi) is 4.49. The van der Waals surface area contributed by atoms with Gasteiger partial charge in [-0.15, -0.1) is 11.3 Å². The van der Waals surface area contributed by atoms with E-state index in [4.69, 9.17) is 0 Å². The number of pyridine rings is 1. The summed E-state index contributed by atoms with van der Waals surface area (Å²) < 4.78 is 2.01. The molecule has 5 nitrogen and oxygen atoms in total. The van der Waals surface area contributed by atoms with Crippen molar-refractivity contribution in [2.45, 2.75) is 34.2 Å². The van der Waals surface area contributed by atoms with Crippen molar-refractivity contribution >= 4 is 23.1 Å². The lowest BCUT2D eigenvalue weighted by Gasteiger charge is -2.10. The lowest BCUT2D eigenvalue weighted by molar-refractivity contribution is -0.116. The predicted octanol–water partition coefficient (Wildman–Crippen LogP) is 3.88. The fraction of sp³-hybridized carbons (Fsp3) is 0.278. The zero-order valence-corrected chi connectivity index (χ0v) is 15.1. The number of hydrogen-bond donors (Lipinski definition) is 1. The molecule has 3 aromatic heterocycles. The molecule has 6 heteroatoms. The van der Waals surface area contributed by atoms with E-state index in [0.717, 1.165) is 33.2 Å². The standard InChI is InChI=1S/C18H20N4OS/c1-11-5-6-19-17(7-11)21-18(23)9-22-12(2)8-15(13(22)3)16-10-24-14(4)20-16/h5-8,10H,9H2,1-4H3,(H,19,21,23). The van der Waals surface area contributed by atoms with Crippen LogP contribution in [0.25, 0.3) is 11.3 Å². The Morgan fingerprint density at radius 2 is 2.04 bits per heavy atom. The third-order valence-electron chi connectivity index (χ3n) is 3.95. The topological polar surface area (TPSA) is 59.8 Å². The van der Waals surface area contributed by atoms with Gasteiger partial charge in [-0.25, -0.2) is 9.97 Å². The van der Waals surface area contributed by atoms with Gasteiger partial charge in [0.05, 0.1) is 10.7 Å². The Hall–Kier alpha value is -2.47. The molecule has 0 unspecified atom stereocenters. The van der Waals surface area contributed by atoms with Crippen LogP contribution in [-0.2, 0) is 11.3 Å². The molecule has 0 saturated carbocycles. The second-order valence-electron chi connectivity index (χ2n) is 5.89. The molecule has 3 aromatic rings. The maximum Gasteiger partial charge on any atom is 0.245 e. The zero-order chi connectivity index (χ0) is 17.3. The Morgan fingerprint density at radius 3 is 2.71 bits per heavy atom. The predicted molar refractivity (Wildman–Crippen MR) is 97.4 cm³/mol. The van der Waals surface area contributed by atoms with Gasteiger partial charge in [0.1, 0.15) is 12.4 Å². The summed E-state index contributed by atoms with van der Waals surface area (Å²) >= 11 is 1.63. The Balaban J connectivity index is 1.80. The number of aromatic nitrogens is 3. The molecule has 0 atom stereocenters. The minimum Gasteiger partial charge on any atom is -0.339 e. The molecule has 0 aliphatic carbocycles. The third-order valence-corrected chi connectivity index (χ3v) is 4.73. The molecule has 0 radical (unpaired) electrons. The van der Waals surface area contributed by atoms with Crippen molar-refractivity contribution in [1.29, 1.82) is 0 Å². The van der Waals surface area contributed by atoms with Crippen molar-refractivity contribution in [2.24, 2.45) is 0 Å². The number of hydrogen-bond acceptors (Lipinski definition) is 4. The highest BCUT2D eigenvalue weighted by Gasteiger charge is 2.15. The van der Waals surface area contributed by atoms with E-state index in [0.29, 0.717) is 5.82 Å². The number of nitrogens with zero attached hydrogens (tertiary/aromatic N) is 3. The van der Waals surface area contributed by atoms with Gasteiger partial charge in [0.25, 0.3) is 0 Å². The van der Waals surface area contributed by atoms with Crippen LogP contribution in [-0.4, -0.2) is 20.4 Å². The van der Waals surface area contributed by atoms with Crippen LogP contribution < -0.4 is 5.32 Å². The highest BCUT2D eigenvalue weighted by atomic mass is 32.1. The molecule has 0 saturated heterocycles. The minimum absolute atomic E-state index is 0.0871. The molecule has 0 bridgehead atoms. The first-order chi connectivity index (χ1) is 11.4. The van der Waals surface area contributed by atoms with Crippen molar-refractivity contribution in [1.82, 2.24) is 14.5 Å². The van der Waals surface area contributed by atoms with E-state index in [1.54, 1.807) is 17.5 Å².